The van der Waals surface area contributed by atoms with E-state index in [1.54, 1.807) is 22.8 Å². The summed E-state index contributed by atoms with van der Waals surface area (Å²) in [4.78, 5) is 17.3. The van der Waals surface area contributed by atoms with Crippen molar-refractivity contribution in [1.82, 2.24) is 9.55 Å². The maximum absolute atomic E-state index is 12.8. The molecule has 0 aliphatic rings. The van der Waals surface area contributed by atoms with Gasteiger partial charge in [0.1, 0.15) is 9.84 Å². The minimum atomic E-state index is -3.05. The highest BCUT2D eigenvalue weighted by molar-refractivity contribution is 8.00. The molecule has 2 aromatic rings. The molecule has 0 spiro atoms. The number of hydrogen-bond donors (Lipinski definition) is 0. The van der Waals surface area contributed by atoms with Crippen LogP contribution in [0.4, 0.5) is 0 Å². The van der Waals surface area contributed by atoms with Crippen LogP contribution in [0.25, 0.3) is 10.9 Å². The Kier molecular flexibility index (Phi) is 6.33. The SMILES string of the molecule is CC(C)CCn1c(SCCS(C)(=O)=O)nc2cc(Cl)ccc2c1=O. The molecule has 0 fully saturated rings. The summed E-state index contributed by atoms with van der Waals surface area (Å²) in [5.41, 5.74) is 0.425. The van der Waals surface area contributed by atoms with E-state index in [4.69, 9.17) is 11.6 Å². The van der Waals surface area contributed by atoms with Crippen LogP contribution < -0.4 is 5.56 Å². The molecule has 0 aliphatic carbocycles. The maximum Gasteiger partial charge on any atom is 0.262 e. The molecule has 1 heterocycles. The molecule has 0 N–H and O–H groups in total. The zero-order valence-electron chi connectivity index (χ0n) is 14.0. The van der Waals surface area contributed by atoms with Crippen LogP contribution in [-0.2, 0) is 16.4 Å². The molecule has 1 aromatic heterocycles. The van der Waals surface area contributed by atoms with Crippen LogP contribution in [0.2, 0.25) is 5.02 Å². The van der Waals surface area contributed by atoms with E-state index in [1.165, 1.54) is 18.0 Å². The van der Waals surface area contributed by atoms with Gasteiger partial charge in [-0.05, 0) is 30.5 Å². The Morgan fingerprint density at radius 2 is 2.04 bits per heavy atom. The summed E-state index contributed by atoms with van der Waals surface area (Å²) in [6, 6.07) is 5.02. The number of hydrogen-bond acceptors (Lipinski definition) is 5. The minimum Gasteiger partial charge on any atom is -0.287 e. The Morgan fingerprint density at radius 3 is 2.67 bits per heavy atom. The van der Waals surface area contributed by atoms with E-state index in [1.807, 2.05) is 0 Å². The number of aromatic nitrogens is 2. The minimum absolute atomic E-state index is 0.0469. The van der Waals surface area contributed by atoms with Crippen molar-refractivity contribution in [2.24, 2.45) is 5.92 Å². The van der Waals surface area contributed by atoms with Gasteiger partial charge in [-0.1, -0.05) is 37.2 Å². The van der Waals surface area contributed by atoms with Crippen LogP contribution in [0.3, 0.4) is 0 Å². The van der Waals surface area contributed by atoms with Gasteiger partial charge in [-0.3, -0.25) is 9.36 Å². The van der Waals surface area contributed by atoms with Crippen LogP contribution in [0.5, 0.6) is 0 Å². The first-order valence-electron chi connectivity index (χ1n) is 7.68. The van der Waals surface area contributed by atoms with Crippen LogP contribution in [0, 0.1) is 5.92 Å². The Morgan fingerprint density at radius 1 is 1.33 bits per heavy atom. The Balaban J connectivity index is 2.43. The standard InChI is InChI=1S/C16H21ClN2O3S2/c1-11(2)6-7-19-15(20)13-5-4-12(17)10-14(13)18-16(19)23-8-9-24(3,21)22/h4-5,10-11H,6-9H2,1-3H3. The zero-order chi connectivity index (χ0) is 17.9. The molecule has 0 amide bonds. The van der Waals surface area contributed by atoms with E-state index in [0.29, 0.717) is 39.3 Å². The first-order chi connectivity index (χ1) is 11.2. The number of rotatable bonds is 7. The molecule has 24 heavy (non-hydrogen) atoms. The number of nitrogens with zero attached hydrogens (tertiary/aromatic N) is 2. The summed E-state index contributed by atoms with van der Waals surface area (Å²) in [7, 11) is -3.05. The summed E-state index contributed by atoms with van der Waals surface area (Å²) < 4.78 is 24.3. The van der Waals surface area contributed by atoms with Crippen molar-refractivity contribution >= 4 is 44.1 Å². The lowest BCUT2D eigenvalue weighted by atomic mass is 10.1. The third-order valence-corrected chi connectivity index (χ3v) is 5.92. The quantitative estimate of drug-likeness (QED) is 0.538. The fourth-order valence-electron chi connectivity index (χ4n) is 2.15. The Hall–Kier alpha value is -1.05. The molecule has 1 aromatic carbocycles. The molecule has 0 radical (unpaired) electrons. The van der Waals surface area contributed by atoms with Crippen molar-refractivity contribution < 1.29 is 8.42 Å². The number of fused-ring (bicyclic) bond motifs is 1. The second-order valence-electron chi connectivity index (χ2n) is 6.17. The van der Waals surface area contributed by atoms with Gasteiger partial charge in [0, 0.05) is 23.6 Å². The number of benzene rings is 1. The van der Waals surface area contributed by atoms with E-state index in [0.717, 1.165) is 6.42 Å². The fourth-order valence-corrected chi connectivity index (χ4v) is 4.54. The second-order valence-corrected chi connectivity index (χ2v) is 9.93. The van der Waals surface area contributed by atoms with Crippen molar-refractivity contribution in [1.29, 1.82) is 0 Å². The third-order valence-electron chi connectivity index (χ3n) is 3.50. The third kappa shape index (κ3) is 5.22. The summed E-state index contributed by atoms with van der Waals surface area (Å²) in [5, 5.41) is 1.58. The fraction of sp³-hybridized carbons (Fsp3) is 0.500. The molecule has 0 saturated heterocycles. The topological polar surface area (TPSA) is 69.0 Å². The molecule has 0 bridgehead atoms. The molecule has 8 heteroatoms. The van der Waals surface area contributed by atoms with E-state index in [-0.39, 0.29) is 11.3 Å². The maximum atomic E-state index is 12.8. The van der Waals surface area contributed by atoms with Gasteiger partial charge >= 0.3 is 0 Å². The average molecular weight is 389 g/mol. The smallest absolute Gasteiger partial charge is 0.262 e. The predicted octanol–water partition coefficient (Wildman–Crippen LogP) is 3.23. The monoisotopic (exact) mass is 388 g/mol. The van der Waals surface area contributed by atoms with Gasteiger partial charge in [0.05, 0.1) is 16.7 Å². The lowest BCUT2D eigenvalue weighted by Crippen LogP contribution is -2.24. The van der Waals surface area contributed by atoms with Gasteiger partial charge in [0.25, 0.3) is 5.56 Å². The molecule has 132 valence electrons. The molecular formula is C16H21ClN2O3S2. The van der Waals surface area contributed by atoms with Gasteiger partial charge in [-0.25, -0.2) is 13.4 Å². The van der Waals surface area contributed by atoms with Crippen LogP contribution in [0.1, 0.15) is 20.3 Å². The lowest BCUT2D eigenvalue weighted by molar-refractivity contribution is 0.481. The summed E-state index contributed by atoms with van der Waals surface area (Å²) in [6.07, 6.45) is 2.05. The Bertz CT molecular complexity index is 892. The predicted molar refractivity (Wildman–Crippen MR) is 101 cm³/mol. The van der Waals surface area contributed by atoms with Gasteiger partial charge < -0.3 is 0 Å². The molecule has 0 atom stereocenters. The first-order valence-corrected chi connectivity index (χ1v) is 11.1. The number of thioether (sulfide) groups is 1. The second kappa shape index (κ2) is 7.89. The highest BCUT2D eigenvalue weighted by atomic mass is 35.5. The van der Waals surface area contributed by atoms with Crippen LogP contribution in [-0.4, -0.2) is 35.7 Å². The molecular weight excluding hydrogens is 368 g/mol. The van der Waals surface area contributed by atoms with Crippen molar-refractivity contribution in [3.63, 3.8) is 0 Å². The van der Waals surface area contributed by atoms with Crippen LogP contribution >= 0.6 is 23.4 Å². The molecule has 0 unspecified atom stereocenters. The molecule has 2 rings (SSSR count). The average Bonchev–Trinajstić information content (AvgIpc) is 2.44. The van der Waals surface area contributed by atoms with Gasteiger partial charge in [0.15, 0.2) is 5.16 Å². The number of sulfone groups is 1. The van der Waals surface area contributed by atoms with E-state index in [2.05, 4.69) is 18.8 Å². The summed E-state index contributed by atoms with van der Waals surface area (Å²) in [5.74, 6) is 0.858. The van der Waals surface area contributed by atoms with Crippen molar-refractivity contribution in [2.45, 2.75) is 32.0 Å². The van der Waals surface area contributed by atoms with Crippen molar-refractivity contribution in [2.75, 3.05) is 17.8 Å². The normalized spacial score (nSPS) is 12.2. The lowest BCUT2D eigenvalue weighted by Gasteiger charge is -2.14. The zero-order valence-corrected chi connectivity index (χ0v) is 16.3. The Labute approximate surface area is 151 Å². The molecule has 5 nitrogen and oxygen atoms in total. The van der Waals surface area contributed by atoms with E-state index < -0.39 is 9.84 Å². The highest BCUT2D eigenvalue weighted by Crippen LogP contribution is 2.21. The number of halogens is 1. The van der Waals surface area contributed by atoms with Gasteiger partial charge in [0.2, 0.25) is 0 Å². The van der Waals surface area contributed by atoms with Gasteiger partial charge in [-0.2, -0.15) is 0 Å². The van der Waals surface area contributed by atoms with Crippen molar-refractivity contribution in [3.8, 4) is 0 Å². The first kappa shape index (κ1) is 19.3. The van der Waals surface area contributed by atoms with Gasteiger partial charge in [-0.15, -0.1) is 0 Å². The van der Waals surface area contributed by atoms with Crippen LogP contribution in [0.15, 0.2) is 28.2 Å². The van der Waals surface area contributed by atoms with E-state index in [9.17, 15) is 13.2 Å². The molecule has 0 saturated carbocycles. The largest absolute Gasteiger partial charge is 0.287 e. The summed E-state index contributed by atoms with van der Waals surface area (Å²) in [6.45, 7) is 4.74. The van der Waals surface area contributed by atoms with E-state index >= 15 is 0 Å². The highest BCUT2D eigenvalue weighted by Gasteiger charge is 2.13. The summed E-state index contributed by atoms with van der Waals surface area (Å²) >= 11 is 7.29. The van der Waals surface area contributed by atoms with Crippen molar-refractivity contribution in [3.05, 3.63) is 33.6 Å². The molecule has 0 aliphatic heterocycles.